The third-order valence-corrected chi connectivity index (χ3v) is 3.32. The molecule has 0 saturated carbocycles. The van der Waals surface area contributed by atoms with Gasteiger partial charge in [0.2, 0.25) is 0 Å². The van der Waals surface area contributed by atoms with Gasteiger partial charge in [0.25, 0.3) is 0 Å². The van der Waals surface area contributed by atoms with Gasteiger partial charge in [-0.1, -0.05) is 18.2 Å². The lowest BCUT2D eigenvalue weighted by molar-refractivity contribution is 0.0696. The average molecular weight is 328 g/mol. The Kier molecular flexibility index (Phi) is 5.21. The fourth-order valence-corrected chi connectivity index (χ4v) is 2.13. The summed E-state index contributed by atoms with van der Waals surface area (Å²) >= 11 is 0. The van der Waals surface area contributed by atoms with Crippen molar-refractivity contribution in [1.82, 2.24) is 0 Å². The second-order valence-corrected chi connectivity index (χ2v) is 4.85. The number of carbonyl (C=O) groups excluding carboxylic acids is 1. The average Bonchev–Trinajstić information content (AvgIpc) is 2.58. The van der Waals surface area contributed by atoms with Gasteiger partial charge in [-0.05, 0) is 23.8 Å². The molecule has 0 atom stereocenters. The van der Waals surface area contributed by atoms with Crippen molar-refractivity contribution in [3.8, 4) is 17.2 Å². The van der Waals surface area contributed by atoms with E-state index in [1.54, 1.807) is 12.1 Å². The van der Waals surface area contributed by atoms with Crippen LogP contribution in [0.2, 0.25) is 0 Å². The quantitative estimate of drug-likeness (QED) is 0.625. The number of ether oxygens (including phenoxy) is 2. The molecule has 0 aliphatic heterocycles. The molecule has 0 aromatic heterocycles. The molecule has 2 aromatic carbocycles. The van der Waals surface area contributed by atoms with Crippen molar-refractivity contribution in [2.24, 2.45) is 0 Å². The number of benzene rings is 2. The number of aromatic hydroxyl groups is 1. The van der Waals surface area contributed by atoms with E-state index >= 15 is 0 Å². The first-order chi connectivity index (χ1) is 11.5. The van der Waals surface area contributed by atoms with E-state index in [0.29, 0.717) is 11.3 Å². The van der Waals surface area contributed by atoms with Crippen LogP contribution in [0.5, 0.6) is 17.2 Å². The van der Waals surface area contributed by atoms with E-state index in [4.69, 9.17) is 14.6 Å². The summed E-state index contributed by atoms with van der Waals surface area (Å²) in [6, 6.07) is 8.96. The number of carboxylic acid groups (broad SMARTS) is 1. The van der Waals surface area contributed by atoms with Crippen LogP contribution >= 0.6 is 0 Å². The highest BCUT2D eigenvalue weighted by atomic mass is 16.5. The largest absolute Gasteiger partial charge is 0.507 e. The van der Waals surface area contributed by atoms with Gasteiger partial charge < -0.3 is 19.7 Å². The summed E-state index contributed by atoms with van der Waals surface area (Å²) < 4.78 is 10.1. The Labute approximate surface area is 138 Å². The predicted octanol–water partition coefficient (Wildman–Crippen LogP) is 3.00. The highest BCUT2D eigenvalue weighted by Crippen LogP contribution is 2.33. The molecule has 2 rings (SSSR count). The summed E-state index contributed by atoms with van der Waals surface area (Å²) in [5, 5.41) is 19.0. The maximum absolute atomic E-state index is 12.4. The summed E-state index contributed by atoms with van der Waals surface area (Å²) in [5.74, 6) is -1.25. The first-order valence-corrected chi connectivity index (χ1v) is 6.97. The molecule has 0 radical (unpaired) electrons. The van der Waals surface area contributed by atoms with E-state index in [0.717, 1.165) is 0 Å². The van der Waals surface area contributed by atoms with E-state index in [2.05, 4.69) is 0 Å². The molecule has 0 aliphatic rings. The second-order valence-electron chi connectivity index (χ2n) is 4.85. The lowest BCUT2D eigenvalue weighted by atomic mass is 10.1. The molecule has 2 N–H and O–H groups in total. The third kappa shape index (κ3) is 3.73. The summed E-state index contributed by atoms with van der Waals surface area (Å²) in [4.78, 5) is 23.3. The van der Waals surface area contributed by atoms with Gasteiger partial charge in [-0.2, -0.15) is 0 Å². The van der Waals surface area contributed by atoms with Crippen LogP contribution in [0.4, 0.5) is 0 Å². The highest BCUT2D eigenvalue weighted by molar-refractivity contribution is 6.10. The Balaban J connectivity index is 2.33. The van der Waals surface area contributed by atoms with E-state index in [-0.39, 0.29) is 22.6 Å². The van der Waals surface area contributed by atoms with Gasteiger partial charge in [0, 0.05) is 12.1 Å². The smallest absolute Gasteiger partial charge is 0.335 e. The summed E-state index contributed by atoms with van der Waals surface area (Å²) in [7, 11) is 2.82. The van der Waals surface area contributed by atoms with Crippen molar-refractivity contribution in [3.63, 3.8) is 0 Å². The number of methoxy groups -OCH3 is 2. The number of phenolic OH excluding ortho intramolecular Hbond substituents is 1. The number of rotatable bonds is 6. The Bertz CT molecular complexity index is 807. The number of carboxylic acids is 1. The van der Waals surface area contributed by atoms with E-state index in [9.17, 15) is 14.7 Å². The van der Waals surface area contributed by atoms with Crippen molar-refractivity contribution in [3.05, 3.63) is 59.2 Å². The molecule has 0 fully saturated rings. The van der Waals surface area contributed by atoms with Crippen LogP contribution in [0.25, 0.3) is 6.08 Å². The van der Waals surface area contributed by atoms with Gasteiger partial charge in [0.1, 0.15) is 22.8 Å². The van der Waals surface area contributed by atoms with Crippen molar-refractivity contribution in [2.75, 3.05) is 14.2 Å². The molecule has 0 unspecified atom stereocenters. The highest BCUT2D eigenvalue weighted by Gasteiger charge is 2.17. The number of aromatic carboxylic acids is 1. The van der Waals surface area contributed by atoms with Crippen LogP contribution in [0.3, 0.4) is 0 Å². The standard InChI is InChI=1S/C18H16O6/c1-23-13-9-15(20)17(16(10-13)24-2)14(19)7-6-11-4-3-5-12(8-11)18(21)22/h3-10,20H,1-2H3,(H,21,22). The molecule has 0 aliphatic carbocycles. The lowest BCUT2D eigenvalue weighted by Gasteiger charge is -2.10. The van der Waals surface area contributed by atoms with Crippen LogP contribution < -0.4 is 9.47 Å². The zero-order valence-corrected chi connectivity index (χ0v) is 13.1. The number of hydrogen-bond acceptors (Lipinski definition) is 5. The summed E-state index contributed by atoms with van der Waals surface area (Å²) in [6.07, 6.45) is 2.71. The molecular formula is C18H16O6. The molecule has 0 amide bonds. The lowest BCUT2D eigenvalue weighted by Crippen LogP contribution is -2.00. The Hall–Kier alpha value is -3.28. The van der Waals surface area contributed by atoms with Crippen LogP contribution in [0.1, 0.15) is 26.3 Å². The van der Waals surface area contributed by atoms with Gasteiger partial charge in [-0.3, -0.25) is 4.79 Å². The number of phenols is 1. The van der Waals surface area contributed by atoms with E-state index in [1.165, 1.54) is 50.6 Å². The molecule has 6 nitrogen and oxygen atoms in total. The van der Waals surface area contributed by atoms with Crippen LogP contribution in [-0.4, -0.2) is 36.2 Å². The number of allylic oxidation sites excluding steroid dienone is 1. The summed E-state index contributed by atoms with van der Waals surface area (Å²) in [6.45, 7) is 0. The van der Waals surface area contributed by atoms with Crippen LogP contribution in [0, 0.1) is 0 Å². The minimum absolute atomic E-state index is 0.00365. The van der Waals surface area contributed by atoms with Crippen LogP contribution in [-0.2, 0) is 0 Å². The fourth-order valence-electron chi connectivity index (χ4n) is 2.13. The second kappa shape index (κ2) is 7.32. The predicted molar refractivity (Wildman–Crippen MR) is 88.0 cm³/mol. The Morgan fingerprint density at radius 2 is 1.83 bits per heavy atom. The normalized spacial score (nSPS) is 10.6. The Morgan fingerprint density at radius 3 is 2.46 bits per heavy atom. The van der Waals surface area contributed by atoms with Crippen molar-refractivity contribution in [2.45, 2.75) is 0 Å². The maximum atomic E-state index is 12.4. The van der Waals surface area contributed by atoms with E-state index in [1.807, 2.05) is 0 Å². The maximum Gasteiger partial charge on any atom is 0.335 e. The molecule has 0 bridgehead atoms. The topological polar surface area (TPSA) is 93.1 Å². The third-order valence-electron chi connectivity index (χ3n) is 3.32. The van der Waals surface area contributed by atoms with Gasteiger partial charge >= 0.3 is 5.97 Å². The minimum atomic E-state index is -1.05. The molecule has 124 valence electrons. The molecule has 6 heteroatoms. The van der Waals surface area contributed by atoms with E-state index < -0.39 is 11.8 Å². The van der Waals surface area contributed by atoms with Gasteiger partial charge in [-0.15, -0.1) is 0 Å². The molecule has 0 spiro atoms. The first-order valence-electron chi connectivity index (χ1n) is 6.97. The van der Waals surface area contributed by atoms with Gasteiger partial charge in [0.15, 0.2) is 5.78 Å². The van der Waals surface area contributed by atoms with Crippen molar-refractivity contribution >= 4 is 17.8 Å². The molecule has 2 aromatic rings. The zero-order valence-electron chi connectivity index (χ0n) is 13.1. The van der Waals surface area contributed by atoms with Gasteiger partial charge in [-0.25, -0.2) is 4.79 Å². The molecule has 0 heterocycles. The van der Waals surface area contributed by atoms with Crippen molar-refractivity contribution < 1.29 is 29.3 Å². The first kappa shape index (κ1) is 17.1. The fraction of sp³-hybridized carbons (Fsp3) is 0.111. The van der Waals surface area contributed by atoms with Crippen LogP contribution in [0.15, 0.2) is 42.5 Å². The summed E-state index contributed by atoms with van der Waals surface area (Å²) in [5.41, 5.74) is 0.675. The Morgan fingerprint density at radius 1 is 1.08 bits per heavy atom. The number of ketones is 1. The molecule has 0 saturated heterocycles. The number of hydrogen-bond donors (Lipinski definition) is 2. The SMILES string of the molecule is COc1cc(O)c(C(=O)C=Cc2cccc(C(=O)O)c2)c(OC)c1. The molecule has 24 heavy (non-hydrogen) atoms. The monoisotopic (exact) mass is 328 g/mol. The minimum Gasteiger partial charge on any atom is -0.507 e. The van der Waals surface area contributed by atoms with Crippen molar-refractivity contribution in [1.29, 1.82) is 0 Å². The van der Waals surface area contributed by atoms with Gasteiger partial charge in [0.05, 0.1) is 19.8 Å². The zero-order chi connectivity index (χ0) is 17.7. The number of carbonyl (C=O) groups is 2. The molecular weight excluding hydrogens is 312 g/mol.